The minimum atomic E-state index is -0.462. The number of hydrogen-bond acceptors (Lipinski definition) is 5. The molecule has 0 aliphatic carbocycles. The molecule has 144 valence electrons. The zero-order valence-electron chi connectivity index (χ0n) is 16.5. The highest BCUT2D eigenvalue weighted by Gasteiger charge is 2.51. The Balaban J connectivity index is 1.49. The summed E-state index contributed by atoms with van der Waals surface area (Å²) in [5.41, 5.74) is 0.293. The lowest BCUT2D eigenvalue weighted by Gasteiger charge is -2.32. The second kappa shape index (κ2) is 7.89. The third-order valence-corrected chi connectivity index (χ3v) is 5.77. The lowest BCUT2D eigenvalue weighted by molar-refractivity contribution is 0.00578. The fraction of sp³-hybridized carbons (Fsp3) is 0.700. The van der Waals surface area contributed by atoms with Gasteiger partial charge in [0, 0.05) is 6.54 Å². The van der Waals surface area contributed by atoms with Gasteiger partial charge in [-0.3, -0.25) is 0 Å². The van der Waals surface area contributed by atoms with Crippen LogP contribution in [0.25, 0.3) is 0 Å². The van der Waals surface area contributed by atoms with Crippen LogP contribution in [0.1, 0.15) is 47.0 Å². The topological polar surface area (TPSA) is 51.2 Å². The van der Waals surface area contributed by atoms with E-state index in [1.165, 1.54) is 19.3 Å². The van der Waals surface area contributed by atoms with Crippen LogP contribution in [-0.4, -0.2) is 60.7 Å². The number of β-amino-alcohol motifs (C(OH)–C–C–N with tert-alkyl or cyclic N) is 1. The Labute approximate surface area is 157 Å². The maximum absolute atomic E-state index is 10.2. The number of benzene rings is 1. The van der Waals surface area contributed by atoms with Gasteiger partial charge in [0.2, 0.25) is 0 Å². The lowest BCUT2D eigenvalue weighted by Crippen LogP contribution is -2.41. The molecule has 0 spiro atoms. The summed E-state index contributed by atoms with van der Waals surface area (Å²) in [4.78, 5) is 2.32. The van der Waals surface area contributed by atoms with E-state index < -0.39 is 6.10 Å². The van der Waals surface area contributed by atoms with E-state index in [1.54, 1.807) is 0 Å². The number of aliphatic hydroxyl groups excluding tert-OH is 1. The van der Waals surface area contributed by atoms with Gasteiger partial charge in [0.25, 0.3) is 0 Å². The predicted octanol–water partition coefficient (Wildman–Crippen LogP) is 2.21. The van der Waals surface area contributed by atoms with Gasteiger partial charge >= 0.3 is 7.12 Å². The summed E-state index contributed by atoms with van der Waals surface area (Å²) >= 11 is 0. The minimum Gasteiger partial charge on any atom is -0.491 e. The first-order chi connectivity index (χ1) is 12.3. The van der Waals surface area contributed by atoms with Gasteiger partial charge in [-0.05, 0) is 71.2 Å². The van der Waals surface area contributed by atoms with Crippen LogP contribution in [0.3, 0.4) is 0 Å². The Morgan fingerprint density at radius 2 is 1.62 bits per heavy atom. The van der Waals surface area contributed by atoms with Crippen LogP contribution in [0, 0.1) is 0 Å². The first-order valence-corrected chi connectivity index (χ1v) is 9.76. The predicted molar refractivity (Wildman–Crippen MR) is 104 cm³/mol. The van der Waals surface area contributed by atoms with Crippen LogP contribution in [0.5, 0.6) is 5.75 Å². The average molecular weight is 361 g/mol. The standard InChI is InChI=1S/C20H32BNO4/c1-19(2)20(3,4)26-21(25-19)16-8-10-18(11-9-16)24-15-17(23)14-22-12-6-5-7-13-22/h8-11,17,23H,5-7,12-15H2,1-4H3/t17-/m1/s1. The molecule has 1 atom stereocenters. The summed E-state index contributed by atoms with van der Waals surface area (Å²) < 4.78 is 17.9. The molecule has 1 aromatic rings. The molecular weight excluding hydrogens is 329 g/mol. The monoisotopic (exact) mass is 361 g/mol. The van der Waals surface area contributed by atoms with Crippen molar-refractivity contribution in [2.45, 2.75) is 64.3 Å². The van der Waals surface area contributed by atoms with Gasteiger partial charge in [0.05, 0.1) is 11.2 Å². The van der Waals surface area contributed by atoms with E-state index in [9.17, 15) is 5.11 Å². The zero-order valence-corrected chi connectivity index (χ0v) is 16.5. The number of rotatable bonds is 6. The van der Waals surface area contributed by atoms with Crippen molar-refractivity contribution in [2.75, 3.05) is 26.2 Å². The Kier molecular flexibility index (Phi) is 5.97. The van der Waals surface area contributed by atoms with Crippen LogP contribution in [-0.2, 0) is 9.31 Å². The molecule has 1 N–H and O–H groups in total. The first-order valence-electron chi connectivity index (χ1n) is 9.76. The van der Waals surface area contributed by atoms with Crippen LogP contribution >= 0.6 is 0 Å². The fourth-order valence-electron chi connectivity index (χ4n) is 3.39. The molecule has 0 aromatic heterocycles. The zero-order chi connectivity index (χ0) is 18.8. The van der Waals surface area contributed by atoms with Gasteiger partial charge in [-0.15, -0.1) is 0 Å². The van der Waals surface area contributed by atoms with Crippen LogP contribution in [0.2, 0.25) is 0 Å². The lowest BCUT2D eigenvalue weighted by atomic mass is 9.79. The second-order valence-electron chi connectivity index (χ2n) is 8.48. The first kappa shape index (κ1) is 19.7. The van der Waals surface area contributed by atoms with E-state index in [4.69, 9.17) is 14.0 Å². The average Bonchev–Trinajstić information content (AvgIpc) is 2.82. The van der Waals surface area contributed by atoms with E-state index in [0.29, 0.717) is 13.2 Å². The number of piperidine rings is 1. The Morgan fingerprint density at radius 3 is 2.19 bits per heavy atom. The molecule has 2 heterocycles. The molecule has 2 saturated heterocycles. The van der Waals surface area contributed by atoms with E-state index in [0.717, 1.165) is 24.3 Å². The van der Waals surface area contributed by atoms with Gasteiger partial charge in [0.1, 0.15) is 18.5 Å². The third-order valence-electron chi connectivity index (χ3n) is 5.77. The summed E-state index contributed by atoms with van der Waals surface area (Å²) in [7, 11) is -0.362. The molecule has 2 aliphatic rings. The summed E-state index contributed by atoms with van der Waals surface area (Å²) in [6, 6.07) is 7.75. The van der Waals surface area contributed by atoms with Gasteiger partial charge in [-0.1, -0.05) is 18.6 Å². The summed E-state index contributed by atoms with van der Waals surface area (Å²) in [6.07, 6.45) is 3.30. The van der Waals surface area contributed by atoms with Gasteiger partial charge in [-0.2, -0.15) is 0 Å². The summed E-state index contributed by atoms with van der Waals surface area (Å²) in [6.45, 7) is 11.4. The van der Waals surface area contributed by atoms with Crippen molar-refractivity contribution < 1.29 is 19.2 Å². The second-order valence-corrected chi connectivity index (χ2v) is 8.48. The molecule has 5 nitrogen and oxygen atoms in total. The van der Waals surface area contributed by atoms with Crippen molar-refractivity contribution in [2.24, 2.45) is 0 Å². The van der Waals surface area contributed by atoms with Crippen molar-refractivity contribution in [3.05, 3.63) is 24.3 Å². The van der Waals surface area contributed by atoms with Crippen molar-refractivity contribution >= 4 is 12.6 Å². The molecule has 0 bridgehead atoms. The molecule has 2 fully saturated rings. The molecule has 2 aliphatic heterocycles. The molecule has 0 amide bonds. The number of aliphatic hydroxyl groups is 1. The van der Waals surface area contributed by atoms with Crippen molar-refractivity contribution in [1.29, 1.82) is 0 Å². The molecule has 0 unspecified atom stereocenters. The third kappa shape index (κ3) is 4.60. The highest BCUT2D eigenvalue weighted by atomic mass is 16.7. The van der Waals surface area contributed by atoms with Gasteiger partial charge < -0.3 is 24.1 Å². The van der Waals surface area contributed by atoms with E-state index in [2.05, 4.69) is 4.90 Å². The van der Waals surface area contributed by atoms with Crippen LogP contribution in [0.15, 0.2) is 24.3 Å². The molecule has 0 radical (unpaired) electrons. The van der Waals surface area contributed by atoms with Crippen LogP contribution < -0.4 is 10.2 Å². The molecule has 3 rings (SSSR count). The van der Waals surface area contributed by atoms with Crippen molar-refractivity contribution in [1.82, 2.24) is 4.90 Å². The van der Waals surface area contributed by atoms with Crippen molar-refractivity contribution in [3.8, 4) is 5.75 Å². The maximum Gasteiger partial charge on any atom is 0.494 e. The smallest absolute Gasteiger partial charge is 0.491 e. The number of nitrogens with zero attached hydrogens (tertiary/aromatic N) is 1. The number of hydrogen-bond donors (Lipinski definition) is 1. The Bertz CT molecular complexity index is 568. The molecule has 6 heteroatoms. The molecular formula is C20H32BNO4. The largest absolute Gasteiger partial charge is 0.494 e. The molecule has 0 saturated carbocycles. The van der Waals surface area contributed by atoms with Gasteiger partial charge in [-0.25, -0.2) is 0 Å². The SMILES string of the molecule is CC1(C)OB(c2ccc(OC[C@H](O)CN3CCCCC3)cc2)OC1(C)C. The summed E-state index contributed by atoms with van der Waals surface area (Å²) in [5.74, 6) is 0.753. The van der Waals surface area contributed by atoms with E-state index in [1.807, 2.05) is 52.0 Å². The Hall–Kier alpha value is -1.08. The maximum atomic E-state index is 10.2. The fourth-order valence-corrected chi connectivity index (χ4v) is 3.39. The van der Waals surface area contributed by atoms with E-state index >= 15 is 0 Å². The molecule has 26 heavy (non-hydrogen) atoms. The summed E-state index contributed by atoms with van der Waals surface area (Å²) in [5, 5.41) is 10.2. The Morgan fingerprint density at radius 1 is 1.04 bits per heavy atom. The highest BCUT2D eigenvalue weighted by molar-refractivity contribution is 6.62. The minimum absolute atomic E-state index is 0.312. The quantitative estimate of drug-likeness (QED) is 0.788. The van der Waals surface area contributed by atoms with E-state index in [-0.39, 0.29) is 18.3 Å². The number of ether oxygens (including phenoxy) is 1. The van der Waals surface area contributed by atoms with Crippen molar-refractivity contribution in [3.63, 3.8) is 0 Å². The highest BCUT2D eigenvalue weighted by Crippen LogP contribution is 2.36. The molecule has 1 aromatic carbocycles. The normalized spacial score (nSPS) is 23.8. The van der Waals surface area contributed by atoms with Crippen LogP contribution in [0.4, 0.5) is 0 Å². The number of likely N-dealkylation sites (tertiary alicyclic amines) is 1. The van der Waals surface area contributed by atoms with Gasteiger partial charge in [0.15, 0.2) is 0 Å².